The summed E-state index contributed by atoms with van der Waals surface area (Å²) < 4.78 is 5.44. The van der Waals surface area contributed by atoms with E-state index in [9.17, 15) is 9.59 Å². The second-order valence-electron chi connectivity index (χ2n) is 8.67. The lowest BCUT2D eigenvalue weighted by atomic mass is 9.86. The van der Waals surface area contributed by atoms with Gasteiger partial charge in [0.25, 0.3) is 0 Å². The number of nitrogens with one attached hydrogen (secondary N) is 1. The Bertz CT molecular complexity index is 1320. The van der Waals surface area contributed by atoms with Gasteiger partial charge in [0.2, 0.25) is 11.8 Å². The number of fused-ring (bicyclic) bond motifs is 4. The number of piperazine rings is 1. The van der Waals surface area contributed by atoms with Crippen LogP contribution >= 0.6 is 0 Å². The molecule has 0 bridgehead atoms. The third kappa shape index (κ3) is 2.87. The number of amides is 2. The number of aromatic amines is 1. The first-order valence-corrected chi connectivity index (χ1v) is 10.9. The van der Waals surface area contributed by atoms with E-state index in [1.807, 2.05) is 31.2 Å². The summed E-state index contributed by atoms with van der Waals surface area (Å²) in [5.74, 6) is 0.600. The van der Waals surface area contributed by atoms with Crippen LogP contribution in [0.2, 0.25) is 0 Å². The van der Waals surface area contributed by atoms with Crippen molar-refractivity contribution in [2.45, 2.75) is 32.0 Å². The van der Waals surface area contributed by atoms with Crippen LogP contribution in [0.5, 0.6) is 0 Å². The minimum absolute atomic E-state index is 0.0333. The van der Waals surface area contributed by atoms with Gasteiger partial charge in [-0.05, 0) is 36.2 Å². The van der Waals surface area contributed by atoms with E-state index >= 15 is 0 Å². The molecule has 0 spiro atoms. The van der Waals surface area contributed by atoms with Crippen LogP contribution in [0.3, 0.4) is 0 Å². The van der Waals surface area contributed by atoms with Crippen molar-refractivity contribution in [1.82, 2.24) is 14.8 Å². The molecule has 4 heterocycles. The first-order valence-electron chi connectivity index (χ1n) is 10.9. The molecule has 2 amide bonds. The fourth-order valence-corrected chi connectivity index (χ4v) is 5.14. The Morgan fingerprint density at radius 1 is 1.03 bits per heavy atom. The first-order chi connectivity index (χ1) is 15.6. The summed E-state index contributed by atoms with van der Waals surface area (Å²) in [4.78, 5) is 34.1. The van der Waals surface area contributed by atoms with Crippen molar-refractivity contribution >= 4 is 22.7 Å². The van der Waals surface area contributed by atoms with Gasteiger partial charge in [-0.2, -0.15) is 0 Å². The standard InChI is InChI=1S/C26H23N3O3/c1-16-8-10-17(11-9-16)25-24-20(19-6-2-3-7-21(19)27-24)13-22-26(31)28(15-23(30)29(22)25)14-18-5-4-12-32-18/h2-12,22,25,27H,13-15H2,1H3/t22-,25?/m0/s1. The van der Waals surface area contributed by atoms with Crippen LogP contribution in [0, 0.1) is 6.92 Å². The van der Waals surface area contributed by atoms with Crippen molar-refractivity contribution < 1.29 is 14.0 Å². The Morgan fingerprint density at radius 3 is 2.62 bits per heavy atom. The highest BCUT2D eigenvalue weighted by Crippen LogP contribution is 2.42. The topological polar surface area (TPSA) is 69.5 Å². The monoisotopic (exact) mass is 425 g/mol. The van der Waals surface area contributed by atoms with Crippen LogP contribution < -0.4 is 0 Å². The van der Waals surface area contributed by atoms with Crippen molar-refractivity contribution in [2.75, 3.05) is 6.54 Å². The van der Waals surface area contributed by atoms with E-state index in [4.69, 9.17) is 4.42 Å². The Morgan fingerprint density at radius 2 is 1.84 bits per heavy atom. The average molecular weight is 425 g/mol. The van der Waals surface area contributed by atoms with Gasteiger partial charge in [0.1, 0.15) is 18.3 Å². The summed E-state index contributed by atoms with van der Waals surface area (Å²) in [5.41, 5.74) is 5.32. The van der Waals surface area contributed by atoms with Crippen molar-refractivity contribution in [2.24, 2.45) is 0 Å². The molecule has 0 aliphatic carbocycles. The molecule has 0 saturated carbocycles. The molecule has 32 heavy (non-hydrogen) atoms. The molecular weight excluding hydrogens is 402 g/mol. The van der Waals surface area contributed by atoms with E-state index in [2.05, 4.69) is 35.3 Å². The molecule has 6 rings (SSSR count). The normalized spacial score (nSPS) is 20.5. The number of aryl methyl sites for hydroxylation is 1. The molecule has 6 nitrogen and oxygen atoms in total. The number of aromatic nitrogens is 1. The lowest BCUT2D eigenvalue weighted by Gasteiger charge is -2.47. The third-order valence-corrected chi connectivity index (χ3v) is 6.66. The van der Waals surface area contributed by atoms with Gasteiger partial charge < -0.3 is 19.2 Å². The molecule has 2 aliphatic heterocycles. The zero-order chi connectivity index (χ0) is 21.8. The molecular formula is C26H23N3O3. The number of carbonyl (C=O) groups is 2. The summed E-state index contributed by atoms with van der Waals surface area (Å²) in [5, 5.41) is 1.11. The van der Waals surface area contributed by atoms with Crippen molar-refractivity contribution in [3.05, 3.63) is 95.1 Å². The molecule has 2 aliphatic rings. The van der Waals surface area contributed by atoms with Crippen LogP contribution in [-0.2, 0) is 22.6 Å². The van der Waals surface area contributed by atoms with Gasteiger partial charge >= 0.3 is 0 Å². The molecule has 2 aromatic heterocycles. The van der Waals surface area contributed by atoms with E-state index < -0.39 is 6.04 Å². The third-order valence-electron chi connectivity index (χ3n) is 6.66. The van der Waals surface area contributed by atoms with Gasteiger partial charge in [0.15, 0.2) is 0 Å². The molecule has 1 saturated heterocycles. The number of furan rings is 1. The maximum absolute atomic E-state index is 13.6. The van der Waals surface area contributed by atoms with E-state index in [1.54, 1.807) is 22.1 Å². The second-order valence-corrected chi connectivity index (χ2v) is 8.67. The van der Waals surface area contributed by atoms with Crippen LogP contribution in [-0.4, -0.2) is 39.2 Å². The quantitative estimate of drug-likeness (QED) is 0.540. The average Bonchev–Trinajstić information content (AvgIpc) is 3.44. The molecule has 2 aromatic carbocycles. The molecule has 6 heteroatoms. The number of rotatable bonds is 3. The van der Waals surface area contributed by atoms with Crippen molar-refractivity contribution in [3.8, 4) is 0 Å². The summed E-state index contributed by atoms with van der Waals surface area (Å²) in [6.07, 6.45) is 2.09. The van der Waals surface area contributed by atoms with E-state index in [-0.39, 0.29) is 24.4 Å². The zero-order valence-electron chi connectivity index (χ0n) is 17.7. The Kier molecular flexibility index (Phi) is 4.21. The fourth-order valence-electron chi connectivity index (χ4n) is 5.14. The highest BCUT2D eigenvalue weighted by Gasteiger charge is 2.48. The Hall–Kier alpha value is -3.80. The van der Waals surface area contributed by atoms with E-state index in [0.717, 1.165) is 33.3 Å². The first kappa shape index (κ1) is 18.9. The summed E-state index contributed by atoms with van der Waals surface area (Å²) in [6, 6.07) is 19.1. The summed E-state index contributed by atoms with van der Waals surface area (Å²) >= 11 is 0. The minimum Gasteiger partial charge on any atom is -0.467 e. The summed E-state index contributed by atoms with van der Waals surface area (Å²) in [7, 11) is 0. The minimum atomic E-state index is -0.538. The van der Waals surface area contributed by atoms with Crippen LogP contribution in [0.1, 0.15) is 34.2 Å². The lowest BCUT2D eigenvalue weighted by Crippen LogP contribution is -2.62. The number of hydrogen-bond donors (Lipinski definition) is 1. The number of para-hydroxylation sites is 1. The number of carbonyl (C=O) groups excluding carboxylic acids is 2. The maximum atomic E-state index is 13.6. The largest absolute Gasteiger partial charge is 0.467 e. The van der Waals surface area contributed by atoms with Crippen molar-refractivity contribution in [3.63, 3.8) is 0 Å². The van der Waals surface area contributed by atoms with Gasteiger partial charge in [0, 0.05) is 23.0 Å². The predicted molar refractivity (Wildman–Crippen MR) is 120 cm³/mol. The molecule has 2 atom stereocenters. The smallest absolute Gasteiger partial charge is 0.246 e. The van der Waals surface area contributed by atoms with Gasteiger partial charge in [-0.1, -0.05) is 48.0 Å². The van der Waals surface area contributed by atoms with E-state index in [1.165, 1.54) is 0 Å². The second kappa shape index (κ2) is 7.12. The lowest BCUT2D eigenvalue weighted by molar-refractivity contribution is -0.159. The van der Waals surface area contributed by atoms with Gasteiger partial charge in [0.05, 0.1) is 18.8 Å². The Labute approximate surface area is 185 Å². The number of benzene rings is 2. The highest BCUT2D eigenvalue weighted by atomic mass is 16.3. The van der Waals surface area contributed by atoms with Crippen molar-refractivity contribution in [1.29, 1.82) is 0 Å². The zero-order valence-corrected chi connectivity index (χ0v) is 17.7. The molecule has 4 aromatic rings. The fraction of sp³-hybridized carbons (Fsp3) is 0.231. The number of nitrogens with zero attached hydrogens (tertiary/aromatic N) is 2. The highest BCUT2D eigenvalue weighted by molar-refractivity contribution is 5.97. The summed E-state index contributed by atoms with van der Waals surface area (Å²) in [6.45, 7) is 2.40. The molecule has 1 N–H and O–H groups in total. The molecule has 1 fully saturated rings. The van der Waals surface area contributed by atoms with Gasteiger partial charge in [-0.3, -0.25) is 9.59 Å². The predicted octanol–water partition coefficient (Wildman–Crippen LogP) is 3.95. The SMILES string of the molecule is Cc1ccc(C2c3[nH]c4ccccc4c3C[C@H]3C(=O)N(Cc4ccco4)CC(=O)N23)cc1. The molecule has 160 valence electrons. The van der Waals surface area contributed by atoms with E-state index in [0.29, 0.717) is 18.7 Å². The van der Waals surface area contributed by atoms with Crippen LogP contribution in [0.4, 0.5) is 0 Å². The number of H-pyrrole nitrogens is 1. The Balaban J connectivity index is 1.48. The van der Waals surface area contributed by atoms with Gasteiger partial charge in [-0.15, -0.1) is 0 Å². The van der Waals surface area contributed by atoms with Gasteiger partial charge in [-0.25, -0.2) is 0 Å². The maximum Gasteiger partial charge on any atom is 0.246 e. The molecule has 1 unspecified atom stereocenters. The molecule has 0 radical (unpaired) electrons. The van der Waals surface area contributed by atoms with Crippen LogP contribution in [0.25, 0.3) is 10.9 Å². The number of hydrogen-bond acceptors (Lipinski definition) is 3. The van der Waals surface area contributed by atoms with Crippen LogP contribution in [0.15, 0.2) is 71.3 Å².